The number of carbonyl (C=O) groups excluding carboxylic acids is 1. The minimum Gasteiger partial charge on any atom is -0.341 e. The fourth-order valence-electron chi connectivity index (χ4n) is 0.523. The second kappa shape index (κ2) is 5.17. The van der Waals surface area contributed by atoms with Gasteiger partial charge in [-0.25, -0.2) is 0 Å². The Balaban J connectivity index is 4.08. The van der Waals surface area contributed by atoms with Crippen LogP contribution in [0.1, 0.15) is 6.92 Å². The Bertz CT molecular complexity index is 243. The summed E-state index contributed by atoms with van der Waals surface area (Å²) in [6.45, 7) is 4.98. The normalized spacial score (nSPS) is 11.0. The average molecular weight is 207 g/mol. The number of carbonyl (C=O) groups is 1. The third-order valence-corrected chi connectivity index (χ3v) is 3.04. The van der Waals surface area contributed by atoms with Gasteiger partial charge in [-0.15, -0.1) is 0 Å². The summed E-state index contributed by atoms with van der Waals surface area (Å²) in [5.41, 5.74) is 0.346. The van der Waals surface area contributed by atoms with Crippen molar-refractivity contribution in [2.24, 2.45) is 0 Å². The molecule has 0 unspecified atom stereocenters. The highest BCUT2D eigenvalue weighted by atomic mass is 31.2. The highest BCUT2D eigenvalue weighted by Gasteiger charge is 2.21. The maximum atomic E-state index is 11.4. The molecule has 0 aliphatic carbocycles. The van der Waals surface area contributed by atoms with Crippen molar-refractivity contribution in [2.75, 3.05) is 20.5 Å². The van der Waals surface area contributed by atoms with Crippen molar-refractivity contribution in [2.45, 2.75) is 6.92 Å². The lowest BCUT2D eigenvalue weighted by Crippen LogP contribution is -2.25. The van der Waals surface area contributed by atoms with Crippen LogP contribution in [0.5, 0.6) is 0 Å². The molecule has 0 fully saturated rings. The molecule has 0 rings (SSSR count). The molecule has 0 atom stereocenters. The molecule has 0 spiro atoms. The summed E-state index contributed by atoms with van der Waals surface area (Å²) in [6.07, 6.45) is -0.147. The van der Waals surface area contributed by atoms with E-state index in [4.69, 9.17) is 0 Å². The molecule has 0 aromatic rings. The smallest absolute Gasteiger partial charge is 0.341 e. The monoisotopic (exact) mass is 207 g/mol. The Labute approximate surface area is 77.6 Å². The lowest BCUT2D eigenvalue weighted by molar-refractivity contribution is -0.117. The summed E-state index contributed by atoms with van der Waals surface area (Å²) in [6, 6.07) is 0. The van der Waals surface area contributed by atoms with Gasteiger partial charge in [-0.05, 0) is 6.92 Å². The average Bonchev–Trinajstić information content (AvgIpc) is 2.13. The fraction of sp³-hybridized carbons (Fsp3) is 0.571. The summed E-state index contributed by atoms with van der Waals surface area (Å²) in [4.78, 5) is 11.0. The highest BCUT2D eigenvalue weighted by Crippen LogP contribution is 2.44. The van der Waals surface area contributed by atoms with Gasteiger partial charge in [0.25, 0.3) is 0 Å². The molecule has 5 nitrogen and oxygen atoms in total. The number of hydrogen-bond donors (Lipinski definition) is 1. The molecule has 76 valence electrons. The molecular formula is C7H14NO4P. The SMILES string of the molecule is C=C(C)C(=O)NCP(=O)(OC)OC. The predicted molar refractivity (Wildman–Crippen MR) is 49.4 cm³/mol. The second-order valence-electron chi connectivity index (χ2n) is 2.42. The molecule has 0 saturated heterocycles. The maximum Gasteiger partial charge on any atom is 0.349 e. The number of amides is 1. The van der Waals surface area contributed by atoms with Crippen molar-refractivity contribution in [3.8, 4) is 0 Å². The molecule has 0 aliphatic rings. The Hall–Kier alpha value is -0.640. The maximum absolute atomic E-state index is 11.4. The molecule has 0 aliphatic heterocycles. The standard InChI is InChI=1S/C7H14NO4P/c1-6(2)7(9)8-5-13(10,11-3)12-4/h1,5H2,2-4H3,(H,8,9). The Morgan fingerprint density at radius 2 is 1.92 bits per heavy atom. The molecule has 0 bridgehead atoms. The van der Waals surface area contributed by atoms with Crippen LogP contribution in [0.15, 0.2) is 12.2 Å². The Morgan fingerprint density at radius 3 is 2.23 bits per heavy atom. The van der Waals surface area contributed by atoms with Gasteiger partial charge in [-0.2, -0.15) is 0 Å². The first-order valence-electron chi connectivity index (χ1n) is 3.59. The van der Waals surface area contributed by atoms with Gasteiger partial charge in [0.15, 0.2) is 0 Å². The van der Waals surface area contributed by atoms with Crippen LogP contribution >= 0.6 is 7.60 Å². The third kappa shape index (κ3) is 4.22. The van der Waals surface area contributed by atoms with Crippen LogP contribution in [0, 0.1) is 0 Å². The van der Waals surface area contributed by atoms with E-state index in [1.165, 1.54) is 14.2 Å². The van der Waals surface area contributed by atoms with E-state index in [2.05, 4.69) is 20.9 Å². The zero-order valence-corrected chi connectivity index (χ0v) is 8.89. The zero-order valence-electron chi connectivity index (χ0n) is 7.99. The van der Waals surface area contributed by atoms with E-state index in [1.807, 2.05) is 0 Å². The van der Waals surface area contributed by atoms with Crippen molar-refractivity contribution < 1.29 is 18.4 Å². The van der Waals surface area contributed by atoms with Crippen LogP contribution in [0.2, 0.25) is 0 Å². The van der Waals surface area contributed by atoms with Gasteiger partial charge in [0.2, 0.25) is 5.91 Å². The van der Waals surface area contributed by atoms with Crippen LogP contribution in [0.4, 0.5) is 0 Å². The minimum absolute atomic E-state index is 0.147. The first-order chi connectivity index (χ1) is 5.95. The lowest BCUT2D eigenvalue weighted by atomic mass is 10.3. The van der Waals surface area contributed by atoms with Crippen molar-refractivity contribution >= 4 is 13.5 Å². The first kappa shape index (κ1) is 12.4. The molecule has 0 heterocycles. The van der Waals surface area contributed by atoms with Crippen molar-refractivity contribution in [3.05, 3.63) is 12.2 Å². The summed E-state index contributed by atoms with van der Waals surface area (Å²) in [7, 11) is -0.626. The molecule has 1 N–H and O–H groups in total. The van der Waals surface area contributed by atoms with Gasteiger partial charge in [0.05, 0.1) is 0 Å². The third-order valence-electron chi connectivity index (χ3n) is 1.38. The summed E-state index contributed by atoms with van der Waals surface area (Å²) >= 11 is 0. The Morgan fingerprint density at radius 1 is 1.46 bits per heavy atom. The fourth-order valence-corrected chi connectivity index (χ4v) is 1.27. The van der Waals surface area contributed by atoms with Crippen molar-refractivity contribution in [1.82, 2.24) is 5.32 Å². The van der Waals surface area contributed by atoms with E-state index in [0.717, 1.165) is 0 Å². The number of rotatable bonds is 5. The topological polar surface area (TPSA) is 64.6 Å². The number of hydrogen-bond acceptors (Lipinski definition) is 4. The van der Waals surface area contributed by atoms with Crippen LogP contribution < -0.4 is 5.32 Å². The highest BCUT2D eigenvalue weighted by molar-refractivity contribution is 7.53. The van der Waals surface area contributed by atoms with E-state index >= 15 is 0 Å². The molecule has 1 amide bonds. The second-order valence-corrected chi connectivity index (χ2v) is 4.69. The van der Waals surface area contributed by atoms with Crippen LogP contribution in [0.25, 0.3) is 0 Å². The molecule has 0 saturated carbocycles. The molecule has 0 aromatic heterocycles. The van der Waals surface area contributed by atoms with Gasteiger partial charge < -0.3 is 14.4 Å². The molecule has 6 heteroatoms. The quantitative estimate of drug-likeness (QED) is 0.542. The Kier molecular flexibility index (Phi) is 4.91. The molecular weight excluding hydrogens is 193 g/mol. The van der Waals surface area contributed by atoms with Gasteiger partial charge in [0, 0.05) is 19.8 Å². The van der Waals surface area contributed by atoms with E-state index < -0.39 is 7.60 Å². The summed E-state index contributed by atoms with van der Waals surface area (Å²) in [5.74, 6) is -0.366. The van der Waals surface area contributed by atoms with Gasteiger partial charge >= 0.3 is 7.60 Å². The zero-order chi connectivity index (χ0) is 10.5. The predicted octanol–water partition coefficient (Wildman–Crippen LogP) is 1.12. The van der Waals surface area contributed by atoms with Gasteiger partial charge in [-0.3, -0.25) is 9.36 Å². The minimum atomic E-state index is -3.15. The molecule has 13 heavy (non-hydrogen) atoms. The van der Waals surface area contributed by atoms with E-state index in [0.29, 0.717) is 5.57 Å². The van der Waals surface area contributed by atoms with Crippen LogP contribution in [-0.2, 0) is 18.4 Å². The largest absolute Gasteiger partial charge is 0.349 e. The van der Waals surface area contributed by atoms with Crippen molar-refractivity contribution in [3.63, 3.8) is 0 Å². The van der Waals surface area contributed by atoms with Crippen LogP contribution in [-0.4, -0.2) is 26.4 Å². The van der Waals surface area contributed by atoms with Gasteiger partial charge in [-0.1, -0.05) is 6.58 Å². The van der Waals surface area contributed by atoms with Crippen LogP contribution in [0.3, 0.4) is 0 Å². The first-order valence-corrected chi connectivity index (χ1v) is 5.32. The van der Waals surface area contributed by atoms with Gasteiger partial charge in [0.1, 0.15) is 6.29 Å². The summed E-state index contributed by atoms with van der Waals surface area (Å²) < 4.78 is 20.6. The molecule has 0 radical (unpaired) electrons. The van der Waals surface area contributed by atoms with E-state index in [1.54, 1.807) is 6.92 Å². The number of nitrogens with one attached hydrogen (secondary N) is 1. The molecule has 0 aromatic carbocycles. The van der Waals surface area contributed by atoms with E-state index in [9.17, 15) is 9.36 Å². The summed E-state index contributed by atoms with van der Waals surface area (Å²) in [5, 5.41) is 2.37. The van der Waals surface area contributed by atoms with E-state index in [-0.39, 0.29) is 12.2 Å². The lowest BCUT2D eigenvalue weighted by Gasteiger charge is -2.13. The van der Waals surface area contributed by atoms with Crippen molar-refractivity contribution in [1.29, 1.82) is 0 Å².